The molecule has 5 atom stereocenters. The number of guanidine groups is 1. The molecule has 5 nitrogen and oxygen atoms in total. The fourth-order valence-corrected chi connectivity index (χ4v) is 11.2. The van der Waals surface area contributed by atoms with E-state index in [0.29, 0.717) is 17.7 Å². The minimum atomic E-state index is 0.00770. The number of aliphatic imine (C=N–C) groups is 1. The molecule has 0 aromatic rings. The molecule has 2 saturated carbocycles. The van der Waals surface area contributed by atoms with Crippen molar-refractivity contribution >= 4 is 33.3 Å². The lowest BCUT2D eigenvalue weighted by atomic mass is 9.50. The Bertz CT molecular complexity index is 845. The van der Waals surface area contributed by atoms with Crippen LogP contribution in [0.15, 0.2) is 16.1 Å². The molecule has 184 valence electrons. The number of nitrogens with two attached hydrogens (primary N) is 1. The van der Waals surface area contributed by atoms with Crippen molar-refractivity contribution in [3.63, 3.8) is 0 Å². The van der Waals surface area contributed by atoms with Crippen LogP contribution in [-0.2, 0) is 4.79 Å². The zero-order valence-corrected chi connectivity index (χ0v) is 21.8. The van der Waals surface area contributed by atoms with Crippen LogP contribution in [0, 0.1) is 22.7 Å². The summed E-state index contributed by atoms with van der Waals surface area (Å²) in [4.78, 5) is 18.0. The predicted molar refractivity (Wildman–Crippen MR) is 139 cm³/mol. The highest BCUT2D eigenvalue weighted by Gasteiger charge is 2.67. The normalized spacial score (nSPS) is 41.3. The summed E-state index contributed by atoms with van der Waals surface area (Å²) in [7, 11) is 4.03. The van der Waals surface area contributed by atoms with Gasteiger partial charge in [-0.3, -0.25) is 9.79 Å². The Hall–Kier alpha value is -0.660. The van der Waals surface area contributed by atoms with Crippen molar-refractivity contribution < 1.29 is 9.90 Å². The van der Waals surface area contributed by atoms with E-state index in [2.05, 4.69) is 17.2 Å². The van der Waals surface area contributed by atoms with Gasteiger partial charge < -0.3 is 16.2 Å². The van der Waals surface area contributed by atoms with Gasteiger partial charge in [-0.05, 0) is 87.0 Å². The number of rotatable bonds is 4. The number of aliphatic hydroxyl groups is 1. The molecule has 2 spiro atoms. The molecule has 5 bridgehead atoms. The molecule has 2 heterocycles. The highest BCUT2D eigenvalue weighted by atomic mass is 33.1. The van der Waals surface area contributed by atoms with Gasteiger partial charge in [-0.15, -0.1) is 0 Å². The summed E-state index contributed by atoms with van der Waals surface area (Å²) in [6.07, 6.45) is 12.9. The monoisotopic (exact) mass is 491 g/mol. The van der Waals surface area contributed by atoms with Gasteiger partial charge in [-0.2, -0.15) is 0 Å². The summed E-state index contributed by atoms with van der Waals surface area (Å²) in [5.41, 5.74) is 9.23. The standard InChI is InChI=1S/C26H41N3O2S2/c1-24-11-14-32-33-17-25(10-12-28-23(27)29-25)9-4-6-20-21-15-19(24)8-7-18(5-2-3-13-30)26(21,24)16-22(20)31/h18-19,30H,2-17H2,1H3,(H3,27,28,29). The Morgan fingerprint density at radius 3 is 2.91 bits per heavy atom. The quantitative estimate of drug-likeness (QED) is 0.385. The lowest BCUT2D eigenvalue weighted by Gasteiger charge is -2.54. The van der Waals surface area contributed by atoms with Crippen LogP contribution in [0.3, 0.4) is 0 Å². The second kappa shape index (κ2) is 9.42. The molecule has 7 heteroatoms. The minimum absolute atomic E-state index is 0.00770. The molecule has 33 heavy (non-hydrogen) atoms. The van der Waals surface area contributed by atoms with E-state index in [1.54, 1.807) is 5.57 Å². The minimum Gasteiger partial charge on any atom is -0.396 e. The van der Waals surface area contributed by atoms with Gasteiger partial charge in [0.05, 0.1) is 5.54 Å². The van der Waals surface area contributed by atoms with Crippen LogP contribution >= 0.6 is 21.6 Å². The van der Waals surface area contributed by atoms with Gasteiger partial charge >= 0.3 is 0 Å². The van der Waals surface area contributed by atoms with Gasteiger partial charge in [0.1, 0.15) is 0 Å². The van der Waals surface area contributed by atoms with E-state index >= 15 is 0 Å². The number of hydrogen-bond donors (Lipinski definition) is 3. The maximum absolute atomic E-state index is 13.6. The SMILES string of the molecule is CC12CCSSCC3(CCCC4=C5CC1CCC(CCCCO)C52CC4=O)CCN=C(N)N3. The average molecular weight is 492 g/mol. The van der Waals surface area contributed by atoms with Crippen LogP contribution in [0.2, 0.25) is 0 Å². The van der Waals surface area contributed by atoms with Gasteiger partial charge in [0.2, 0.25) is 0 Å². The van der Waals surface area contributed by atoms with E-state index in [4.69, 9.17) is 5.73 Å². The summed E-state index contributed by atoms with van der Waals surface area (Å²) in [6, 6.07) is 0. The van der Waals surface area contributed by atoms with Crippen molar-refractivity contribution in [3.05, 3.63) is 11.1 Å². The number of nitrogens with one attached hydrogen (secondary N) is 1. The smallest absolute Gasteiger partial charge is 0.189 e. The first-order valence-corrected chi connectivity index (χ1v) is 15.6. The number of unbranched alkanes of at least 4 members (excludes halogenated alkanes) is 1. The third kappa shape index (κ3) is 3.98. The lowest BCUT2D eigenvalue weighted by molar-refractivity contribution is -0.121. The van der Waals surface area contributed by atoms with Crippen molar-refractivity contribution in [1.29, 1.82) is 0 Å². The second-order valence-corrected chi connectivity index (χ2v) is 14.0. The Morgan fingerprint density at radius 1 is 1.21 bits per heavy atom. The number of hydrogen-bond acceptors (Lipinski definition) is 7. The molecule has 0 aromatic carbocycles. The molecule has 5 unspecified atom stereocenters. The second-order valence-electron chi connectivity index (χ2n) is 11.5. The molecule has 0 amide bonds. The summed E-state index contributed by atoms with van der Waals surface area (Å²) in [5, 5.41) is 12.9. The van der Waals surface area contributed by atoms with Crippen LogP contribution in [0.25, 0.3) is 0 Å². The molecule has 5 aliphatic rings. The predicted octanol–water partition coefficient (Wildman–Crippen LogP) is 4.84. The number of allylic oxidation sites excluding steroid dienone is 2. The van der Waals surface area contributed by atoms with Crippen molar-refractivity contribution in [2.45, 2.75) is 89.5 Å². The first-order valence-electron chi connectivity index (χ1n) is 13.1. The summed E-state index contributed by atoms with van der Waals surface area (Å²) >= 11 is 0. The van der Waals surface area contributed by atoms with E-state index < -0.39 is 0 Å². The van der Waals surface area contributed by atoms with Crippen LogP contribution in [0.1, 0.15) is 84.0 Å². The van der Waals surface area contributed by atoms with E-state index in [0.717, 1.165) is 75.3 Å². The van der Waals surface area contributed by atoms with Crippen LogP contribution < -0.4 is 11.1 Å². The summed E-state index contributed by atoms with van der Waals surface area (Å²) in [6.45, 7) is 3.63. The van der Waals surface area contributed by atoms with Gasteiger partial charge in [0.15, 0.2) is 11.7 Å². The number of carbonyl (C=O) groups excluding carboxylic acids is 1. The highest BCUT2D eigenvalue weighted by Crippen LogP contribution is 2.74. The van der Waals surface area contributed by atoms with Gasteiger partial charge in [-0.25, -0.2) is 0 Å². The number of ketones is 1. The number of nitrogens with zero attached hydrogens (tertiary/aromatic N) is 1. The topological polar surface area (TPSA) is 87.7 Å². The Morgan fingerprint density at radius 2 is 2.09 bits per heavy atom. The Balaban J connectivity index is 1.47. The van der Waals surface area contributed by atoms with Gasteiger partial charge in [0, 0.05) is 36.5 Å². The zero-order valence-electron chi connectivity index (χ0n) is 20.2. The van der Waals surface area contributed by atoms with Crippen LogP contribution in [0.5, 0.6) is 0 Å². The van der Waals surface area contributed by atoms with Gasteiger partial charge in [0.25, 0.3) is 0 Å². The molecule has 4 N–H and O–H groups in total. The van der Waals surface area contributed by atoms with Crippen LogP contribution in [0.4, 0.5) is 0 Å². The Labute approximate surface area is 207 Å². The molecule has 0 radical (unpaired) electrons. The first-order chi connectivity index (χ1) is 15.9. The lowest BCUT2D eigenvalue weighted by Crippen LogP contribution is -2.56. The van der Waals surface area contributed by atoms with Crippen molar-refractivity contribution in [3.8, 4) is 0 Å². The van der Waals surface area contributed by atoms with Crippen LogP contribution in [-0.4, -0.2) is 47.0 Å². The van der Waals surface area contributed by atoms with E-state index in [-0.39, 0.29) is 23.0 Å². The molecule has 2 aliphatic heterocycles. The average Bonchev–Trinajstić information content (AvgIpc) is 3.10. The highest BCUT2D eigenvalue weighted by molar-refractivity contribution is 8.76. The molecule has 2 fully saturated rings. The zero-order chi connectivity index (χ0) is 23.1. The maximum Gasteiger partial charge on any atom is 0.189 e. The Kier molecular flexibility index (Phi) is 6.87. The molecular weight excluding hydrogens is 450 g/mol. The van der Waals surface area contributed by atoms with Gasteiger partial charge in [-0.1, -0.05) is 40.5 Å². The third-order valence-electron chi connectivity index (χ3n) is 10.0. The third-order valence-corrected chi connectivity index (χ3v) is 12.6. The van der Waals surface area contributed by atoms with E-state index in [9.17, 15) is 9.90 Å². The molecule has 0 saturated heterocycles. The summed E-state index contributed by atoms with van der Waals surface area (Å²) < 4.78 is 0. The largest absolute Gasteiger partial charge is 0.396 e. The molecule has 3 aliphatic carbocycles. The fraction of sp³-hybridized carbons (Fsp3) is 0.846. The van der Waals surface area contributed by atoms with E-state index in [1.165, 1.54) is 31.3 Å². The number of aliphatic hydroxyl groups excluding tert-OH is 1. The molecule has 0 aromatic heterocycles. The molecule has 5 rings (SSSR count). The first kappa shape index (κ1) is 24.1. The molecular formula is C26H41N3O2S2. The number of carbonyl (C=O) groups is 1. The van der Waals surface area contributed by atoms with E-state index in [1.807, 2.05) is 21.6 Å². The fourth-order valence-electron chi connectivity index (χ4n) is 8.33. The number of Topliss-reactive ketones (excluding diaryl/α,β-unsaturated/α-hetero) is 1. The summed E-state index contributed by atoms with van der Waals surface area (Å²) in [5.74, 6) is 4.58. The van der Waals surface area contributed by atoms with Crippen molar-refractivity contribution in [2.75, 3.05) is 24.7 Å². The maximum atomic E-state index is 13.6. The van der Waals surface area contributed by atoms with Crippen molar-refractivity contribution in [2.24, 2.45) is 33.4 Å². The van der Waals surface area contributed by atoms with Crippen molar-refractivity contribution in [1.82, 2.24) is 5.32 Å².